The van der Waals surface area contributed by atoms with E-state index in [-0.39, 0.29) is 11.3 Å². The molecular weight excluding hydrogens is 377 g/mol. The van der Waals surface area contributed by atoms with Gasteiger partial charge in [0.25, 0.3) is 0 Å². The molecule has 0 aliphatic carbocycles. The maximum atomic E-state index is 13.0. The highest BCUT2D eigenvalue weighted by Gasteiger charge is 2.37. The van der Waals surface area contributed by atoms with Gasteiger partial charge in [0.1, 0.15) is 17.0 Å². The molecule has 0 spiro atoms. The van der Waals surface area contributed by atoms with Crippen LogP contribution >= 0.6 is 7.37 Å². The van der Waals surface area contributed by atoms with Crippen LogP contribution in [-0.4, -0.2) is 22.6 Å². The van der Waals surface area contributed by atoms with E-state index < -0.39 is 18.9 Å². The van der Waals surface area contributed by atoms with Gasteiger partial charge in [-0.1, -0.05) is 30.3 Å². The van der Waals surface area contributed by atoms with Crippen molar-refractivity contribution in [3.05, 3.63) is 72.5 Å². The van der Waals surface area contributed by atoms with Gasteiger partial charge in [0.05, 0.1) is 6.26 Å². The number of nitrogens with one attached hydrogen (secondary N) is 1. The van der Waals surface area contributed by atoms with E-state index in [1.54, 1.807) is 12.1 Å². The van der Waals surface area contributed by atoms with Crippen molar-refractivity contribution in [2.45, 2.75) is 5.66 Å². The van der Waals surface area contributed by atoms with Crippen LogP contribution in [0.15, 0.2) is 71.3 Å². The molecule has 4 rings (SSSR count). The SMILES string of the molecule is CP(=O)(O)C(C(=O)Nc1ccc2ccccc2c1)c1coc2ccc(O)cc12. The average molecular weight is 395 g/mol. The van der Waals surface area contributed by atoms with E-state index in [1.165, 1.54) is 18.4 Å². The third-order valence-electron chi connectivity index (χ3n) is 4.63. The summed E-state index contributed by atoms with van der Waals surface area (Å²) >= 11 is 0. The summed E-state index contributed by atoms with van der Waals surface area (Å²) < 4.78 is 18.0. The molecule has 0 bridgehead atoms. The Morgan fingerprint density at radius 3 is 2.57 bits per heavy atom. The lowest BCUT2D eigenvalue weighted by molar-refractivity contribution is -0.116. The summed E-state index contributed by atoms with van der Waals surface area (Å²) in [5, 5.41) is 14.9. The molecule has 28 heavy (non-hydrogen) atoms. The lowest BCUT2D eigenvalue weighted by atomic mass is 10.1. The smallest absolute Gasteiger partial charge is 0.241 e. The summed E-state index contributed by atoms with van der Waals surface area (Å²) in [6, 6.07) is 17.5. The highest BCUT2D eigenvalue weighted by Crippen LogP contribution is 2.54. The van der Waals surface area contributed by atoms with Gasteiger partial charge >= 0.3 is 0 Å². The van der Waals surface area contributed by atoms with Crippen molar-refractivity contribution in [2.75, 3.05) is 12.0 Å². The summed E-state index contributed by atoms with van der Waals surface area (Å²) in [6.07, 6.45) is 1.29. The summed E-state index contributed by atoms with van der Waals surface area (Å²) in [4.78, 5) is 23.3. The highest BCUT2D eigenvalue weighted by atomic mass is 31.2. The number of aromatic hydroxyl groups is 1. The summed E-state index contributed by atoms with van der Waals surface area (Å²) in [6.45, 7) is 1.14. The molecule has 4 aromatic rings. The standard InChI is InChI=1S/C21H18NO5P/c1-28(25,26)20(18-12-27-19-9-8-16(23)11-17(18)19)21(24)22-15-7-6-13-4-2-3-5-14(13)10-15/h2-12,20,23H,1H3,(H,22,24)(H,25,26). The number of phenolic OH excluding ortho intramolecular Hbond substituents is 1. The molecule has 3 aromatic carbocycles. The zero-order valence-corrected chi connectivity index (χ0v) is 15.9. The van der Waals surface area contributed by atoms with E-state index in [0.29, 0.717) is 16.7 Å². The van der Waals surface area contributed by atoms with Crippen molar-refractivity contribution in [3.63, 3.8) is 0 Å². The first-order chi connectivity index (χ1) is 13.3. The van der Waals surface area contributed by atoms with Crippen LogP contribution < -0.4 is 5.32 Å². The van der Waals surface area contributed by atoms with Crippen molar-refractivity contribution >= 4 is 40.7 Å². The van der Waals surface area contributed by atoms with E-state index in [9.17, 15) is 19.4 Å². The second-order valence-electron chi connectivity index (χ2n) is 6.77. The third kappa shape index (κ3) is 3.40. The van der Waals surface area contributed by atoms with Crippen LogP contribution in [-0.2, 0) is 9.36 Å². The van der Waals surface area contributed by atoms with Gasteiger partial charge in [-0.3, -0.25) is 9.36 Å². The fraction of sp³-hybridized carbons (Fsp3) is 0.0952. The van der Waals surface area contributed by atoms with Crippen LogP contribution in [0.5, 0.6) is 5.75 Å². The molecule has 0 aliphatic rings. The van der Waals surface area contributed by atoms with Gasteiger partial charge < -0.3 is 19.7 Å². The van der Waals surface area contributed by atoms with Crippen molar-refractivity contribution in [1.82, 2.24) is 0 Å². The number of hydrogen-bond acceptors (Lipinski definition) is 4. The Labute approximate surface area is 160 Å². The highest BCUT2D eigenvalue weighted by molar-refractivity contribution is 7.58. The molecule has 0 fully saturated rings. The van der Waals surface area contributed by atoms with E-state index in [2.05, 4.69) is 5.32 Å². The molecule has 1 aromatic heterocycles. The summed E-state index contributed by atoms with van der Waals surface area (Å²) in [5.41, 5.74) is -0.123. The molecule has 0 saturated heterocycles. The van der Waals surface area contributed by atoms with Crippen LogP contribution in [0.1, 0.15) is 11.2 Å². The number of fused-ring (bicyclic) bond motifs is 2. The van der Waals surface area contributed by atoms with Gasteiger partial charge in [-0.25, -0.2) is 0 Å². The van der Waals surface area contributed by atoms with Crippen molar-refractivity contribution in [2.24, 2.45) is 0 Å². The van der Waals surface area contributed by atoms with Gasteiger partial charge in [-0.2, -0.15) is 0 Å². The summed E-state index contributed by atoms with van der Waals surface area (Å²) in [7, 11) is -3.88. The van der Waals surface area contributed by atoms with Crippen molar-refractivity contribution < 1.29 is 23.8 Å². The fourth-order valence-corrected chi connectivity index (χ4v) is 4.56. The molecule has 1 heterocycles. The molecule has 0 aliphatic heterocycles. The Morgan fingerprint density at radius 2 is 1.82 bits per heavy atom. The number of furan rings is 1. The van der Waals surface area contributed by atoms with Gasteiger partial charge in [-0.15, -0.1) is 0 Å². The molecule has 2 atom stereocenters. The maximum absolute atomic E-state index is 13.0. The van der Waals surface area contributed by atoms with Gasteiger partial charge in [0.2, 0.25) is 13.3 Å². The lowest BCUT2D eigenvalue weighted by Crippen LogP contribution is -2.21. The number of carbonyl (C=O) groups is 1. The minimum Gasteiger partial charge on any atom is -0.508 e. The molecule has 0 saturated carbocycles. The first kappa shape index (κ1) is 18.3. The van der Waals surface area contributed by atoms with Crippen LogP contribution in [0.3, 0.4) is 0 Å². The molecule has 6 nitrogen and oxygen atoms in total. The Morgan fingerprint density at radius 1 is 1.07 bits per heavy atom. The normalized spacial score (nSPS) is 14.6. The number of anilines is 1. The van der Waals surface area contributed by atoms with Crippen molar-refractivity contribution in [3.8, 4) is 5.75 Å². The molecule has 3 N–H and O–H groups in total. The largest absolute Gasteiger partial charge is 0.508 e. The fourth-order valence-electron chi connectivity index (χ4n) is 3.34. The van der Waals surface area contributed by atoms with Gasteiger partial charge in [-0.05, 0) is 41.1 Å². The predicted molar refractivity (Wildman–Crippen MR) is 109 cm³/mol. The predicted octanol–water partition coefficient (Wildman–Crippen LogP) is 4.87. The second kappa shape index (κ2) is 6.82. The average Bonchev–Trinajstić information content (AvgIpc) is 3.03. The van der Waals surface area contributed by atoms with Crippen LogP contribution in [0.2, 0.25) is 0 Å². The molecule has 1 amide bonds. The lowest BCUT2D eigenvalue weighted by Gasteiger charge is -2.19. The van der Waals surface area contributed by atoms with Gasteiger partial charge in [0, 0.05) is 23.3 Å². The van der Waals surface area contributed by atoms with Crippen LogP contribution in [0, 0.1) is 0 Å². The summed E-state index contributed by atoms with van der Waals surface area (Å²) in [5.74, 6) is -0.637. The first-order valence-electron chi connectivity index (χ1n) is 8.62. The molecule has 2 unspecified atom stereocenters. The molecular formula is C21H18NO5P. The number of phenols is 1. The van der Waals surface area contributed by atoms with E-state index in [1.807, 2.05) is 36.4 Å². The minimum atomic E-state index is -3.88. The Hall–Kier alpha value is -3.08. The molecule has 142 valence electrons. The zero-order valence-electron chi connectivity index (χ0n) is 15.0. The number of rotatable bonds is 4. The molecule has 7 heteroatoms. The minimum absolute atomic E-state index is 0.0206. The number of benzene rings is 3. The van der Waals surface area contributed by atoms with E-state index in [0.717, 1.165) is 17.4 Å². The quantitative estimate of drug-likeness (QED) is 0.428. The second-order valence-corrected chi connectivity index (χ2v) is 9.17. The van der Waals surface area contributed by atoms with E-state index >= 15 is 0 Å². The van der Waals surface area contributed by atoms with Gasteiger partial charge in [0.15, 0.2) is 0 Å². The number of hydrogen-bond donors (Lipinski definition) is 3. The molecule has 0 radical (unpaired) electrons. The third-order valence-corrected chi connectivity index (χ3v) is 6.10. The number of amides is 1. The Balaban J connectivity index is 1.73. The Kier molecular flexibility index (Phi) is 4.46. The zero-order chi connectivity index (χ0) is 19.9. The van der Waals surface area contributed by atoms with Crippen LogP contribution in [0.25, 0.3) is 21.7 Å². The van der Waals surface area contributed by atoms with Crippen LogP contribution in [0.4, 0.5) is 5.69 Å². The topological polar surface area (TPSA) is 99.8 Å². The number of carbonyl (C=O) groups excluding carboxylic acids is 1. The van der Waals surface area contributed by atoms with E-state index in [4.69, 9.17) is 4.42 Å². The first-order valence-corrected chi connectivity index (χ1v) is 10.8. The van der Waals surface area contributed by atoms with Crippen molar-refractivity contribution in [1.29, 1.82) is 0 Å². The monoisotopic (exact) mass is 395 g/mol. The maximum Gasteiger partial charge on any atom is 0.241 e. The Bertz CT molecular complexity index is 1240.